The molecule has 0 amide bonds. The number of halogens is 1. The number of carbonyl (C=O) groups is 1. The summed E-state index contributed by atoms with van der Waals surface area (Å²) < 4.78 is 0. The quantitative estimate of drug-likeness (QED) is 0.629. The van der Waals surface area contributed by atoms with Crippen LogP contribution in [0.2, 0.25) is 5.02 Å². The molecule has 0 atom stereocenters. The fourth-order valence-corrected chi connectivity index (χ4v) is 1.75. The van der Waals surface area contributed by atoms with Crippen LogP contribution in [0.25, 0.3) is 0 Å². The fourth-order valence-electron chi connectivity index (χ4n) is 1.50. The Morgan fingerprint density at radius 3 is 3.08 bits per heavy atom. The van der Waals surface area contributed by atoms with Crippen molar-refractivity contribution in [2.75, 3.05) is 6.54 Å². The van der Waals surface area contributed by atoms with Crippen molar-refractivity contribution in [2.24, 2.45) is 4.99 Å². The predicted octanol–water partition coefficient (Wildman–Crippen LogP) is 2.13. The summed E-state index contributed by atoms with van der Waals surface area (Å²) in [5.41, 5.74) is 2.67. The van der Waals surface area contributed by atoms with E-state index in [2.05, 4.69) is 4.99 Å². The number of aliphatic imine (C=N–C) groups is 1. The highest BCUT2D eigenvalue weighted by Gasteiger charge is 2.10. The van der Waals surface area contributed by atoms with Crippen molar-refractivity contribution < 1.29 is 4.79 Å². The van der Waals surface area contributed by atoms with Gasteiger partial charge in [0.1, 0.15) is 0 Å². The van der Waals surface area contributed by atoms with E-state index < -0.39 is 0 Å². The largest absolute Gasteiger partial charge is 0.298 e. The monoisotopic (exact) mass is 193 g/mol. The predicted molar refractivity (Wildman–Crippen MR) is 53.0 cm³/mol. The van der Waals surface area contributed by atoms with E-state index in [0.29, 0.717) is 10.6 Å². The Morgan fingerprint density at radius 2 is 2.31 bits per heavy atom. The van der Waals surface area contributed by atoms with Crippen molar-refractivity contribution >= 4 is 24.1 Å². The highest BCUT2D eigenvalue weighted by Crippen LogP contribution is 2.21. The molecule has 13 heavy (non-hydrogen) atoms. The molecule has 2 nitrogen and oxygen atoms in total. The van der Waals surface area contributed by atoms with Crippen LogP contribution in [-0.4, -0.2) is 19.0 Å². The molecule has 0 saturated heterocycles. The number of aldehydes is 1. The van der Waals surface area contributed by atoms with Gasteiger partial charge in [0.25, 0.3) is 0 Å². The van der Waals surface area contributed by atoms with Crippen LogP contribution >= 0.6 is 11.6 Å². The van der Waals surface area contributed by atoms with Crippen LogP contribution in [0.4, 0.5) is 0 Å². The van der Waals surface area contributed by atoms with Gasteiger partial charge in [0.05, 0.1) is 0 Å². The van der Waals surface area contributed by atoms with Gasteiger partial charge in [-0.05, 0) is 24.1 Å². The summed E-state index contributed by atoms with van der Waals surface area (Å²) in [6.45, 7) is 0.783. The second kappa shape index (κ2) is 3.30. The summed E-state index contributed by atoms with van der Waals surface area (Å²) in [5.74, 6) is 0. The molecule has 1 aliphatic heterocycles. The molecule has 66 valence electrons. The first-order valence-electron chi connectivity index (χ1n) is 4.08. The molecule has 1 heterocycles. The molecule has 0 spiro atoms. The van der Waals surface area contributed by atoms with Gasteiger partial charge < -0.3 is 0 Å². The topological polar surface area (TPSA) is 29.4 Å². The molecule has 0 aromatic heterocycles. The summed E-state index contributed by atoms with van der Waals surface area (Å²) in [5, 5.41) is 0.621. The minimum Gasteiger partial charge on any atom is -0.298 e. The average Bonchev–Trinajstić information content (AvgIpc) is 2.16. The van der Waals surface area contributed by atoms with Gasteiger partial charge in [-0.1, -0.05) is 11.6 Å². The molecule has 0 fully saturated rings. The first kappa shape index (κ1) is 8.45. The zero-order valence-corrected chi connectivity index (χ0v) is 7.71. The number of carbonyl (C=O) groups excluding carboxylic acids is 1. The Kier molecular flexibility index (Phi) is 2.15. The van der Waals surface area contributed by atoms with Gasteiger partial charge in [0.15, 0.2) is 6.29 Å². The molecule has 0 unspecified atom stereocenters. The van der Waals surface area contributed by atoms with Gasteiger partial charge in [0, 0.05) is 28.9 Å². The van der Waals surface area contributed by atoms with Crippen molar-refractivity contribution in [2.45, 2.75) is 6.42 Å². The lowest BCUT2D eigenvalue weighted by Crippen LogP contribution is -2.06. The number of hydrogen-bond acceptors (Lipinski definition) is 2. The normalized spacial score (nSPS) is 13.9. The van der Waals surface area contributed by atoms with Gasteiger partial charge >= 0.3 is 0 Å². The van der Waals surface area contributed by atoms with E-state index in [-0.39, 0.29) is 0 Å². The molecule has 0 saturated carbocycles. The van der Waals surface area contributed by atoms with Crippen molar-refractivity contribution in [1.82, 2.24) is 0 Å². The smallest absolute Gasteiger partial charge is 0.150 e. The van der Waals surface area contributed by atoms with E-state index in [4.69, 9.17) is 11.6 Å². The van der Waals surface area contributed by atoms with E-state index in [1.807, 2.05) is 6.07 Å². The SMILES string of the molecule is O=Cc1cc(Cl)cc2c1C=NCC2. The second-order valence-electron chi connectivity index (χ2n) is 2.97. The third-order valence-corrected chi connectivity index (χ3v) is 2.34. The van der Waals surface area contributed by atoms with Crippen LogP contribution in [0.3, 0.4) is 0 Å². The number of nitrogens with zero attached hydrogens (tertiary/aromatic N) is 1. The highest BCUT2D eigenvalue weighted by atomic mass is 35.5. The summed E-state index contributed by atoms with van der Waals surface area (Å²) in [6.07, 6.45) is 3.44. The van der Waals surface area contributed by atoms with Gasteiger partial charge in [-0.25, -0.2) is 0 Å². The lowest BCUT2D eigenvalue weighted by Gasteiger charge is -2.11. The van der Waals surface area contributed by atoms with Crippen LogP contribution in [0.5, 0.6) is 0 Å². The van der Waals surface area contributed by atoms with Crippen LogP contribution in [0.1, 0.15) is 21.5 Å². The zero-order valence-electron chi connectivity index (χ0n) is 6.96. The van der Waals surface area contributed by atoms with E-state index in [1.165, 1.54) is 0 Å². The van der Waals surface area contributed by atoms with Crippen molar-refractivity contribution in [3.63, 3.8) is 0 Å². The van der Waals surface area contributed by atoms with E-state index >= 15 is 0 Å². The lowest BCUT2D eigenvalue weighted by molar-refractivity contribution is 0.112. The highest BCUT2D eigenvalue weighted by molar-refractivity contribution is 6.31. The molecule has 1 aliphatic rings. The third kappa shape index (κ3) is 1.49. The van der Waals surface area contributed by atoms with Crippen LogP contribution in [-0.2, 0) is 6.42 Å². The van der Waals surface area contributed by atoms with E-state index in [0.717, 1.165) is 30.4 Å². The van der Waals surface area contributed by atoms with Crippen molar-refractivity contribution in [3.05, 3.63) is 33.8 Å². The summed E-state index contributed by atoms with van der Waals surface area (Å²) in [4.78, 5) is 14.8. The molecular weight excluding hydrogens is 186 g/mol. The first-order chi connectivity index (χ1) is 6.31. The van der Waals surface area contributed by atoms with Gasteiger partial charge in [-0.3, -0.25) is 9.79 Å². The van der Waals surface area contributed by atoms with Crippen LogP contribution in [0.15, 0.2) is 17.1 Å². The van der Waals surface area contributed by atoms with Crippen molar-refractivity contribution in [3.8, 4) is 0 Å². The molecule has 0 bridgehead atoms. The maximum atomic E-state index is 10.7. The lowest BCUT2D eigenvalue weighted by atomic mass is 9.98. The maximum Gasteiger partial charge on any atom is 0.150 e. The number of rotatable bonds is 1. The van der Waals surface area contributed by atoms with Gasteiger partial charge in [-0.2, -0.15) is 0 Å². The standard InChI is InChI=1S/C10H8ClNO/c11-9-3-7-1-2-12-5-10(7)8(4-9)6-13/h3-6H,1-2H2. The molecular formula is C10H8ClNO. The van der Waals surface area contributed by atoms with E-state index in [9.17, 15) is 4.79 Å². The maximum absolute atomic E-state index is 10.7. The summed E-state index contributed by atoms with van der Waals surface area (Å²) in [6, 6.07) is 3.57. The number of fused-ring (bicyclic) bond motifs is 1. The molecule has 1 aromatic carbocycles. The summed E-state index contributed by atoms with van der Waals surface area (Å²) in [7, 11) is 0. The Hall–Kier alpha value is -1.15. The van der Waals surface area contributed by atoms with Crippen molar-refractivity contribution in [1.29, 1.82) is 0 Å². The fraction of sp³-hybridized carbons (Fsp3) is 0.200. The van der Waals surface area contributed by atoms with Gasteiger partial charge in [-0.15, -0.1) is 0 Å². The Labute approximate surface area is 81.2 Å². The summed E-state index contributed by atoms with van der Waals surface area (Å²) >= 11 is 5.86. The molecule has 0 aliphatic carbocycles. The molecule has 2 rings (SSSR count). The second-order valence-corrected chi connectivity index (χ2v) is 3.41. The Morgan fingerprint density at radius 1 is 1.46 bits per heavy atom. The molecule has 0 N–H and O–H groups in total. The molecule has 0 radical (unpaired) electrons. The zero-order chi connectivity index (χ0) is 9.26. The molecule has 3 heteroatoms. The van der Waals surface area contributed by atoms with Crippen LogP contribution < -0.4 is 0 Å². The van der Waals surface area contributed by atoms with Gasteiger partial charge in [0.2, 0.25) is 0 Å². The van der Waals surface area contributed by atoms with E-state index in [1.54, 1.807) is 12.3 Å². The first-order valence-corrected chi connectivity index (χ1v) is 4.46. The number of benzene rings is 1. The Balaban J connectivity index is 2.65. The molecule has 1 aromatic rings. The van der Waals surface area contributed by atoms with Crippen LogP contribution in [0, 0.1) is 0 Å². The minimum absolute atomic E-state index is 0.621. The number of hydrogen-bond donors (Lipinski definition) is 0. The minimum atomic E-state index is 0.621. The average molecular weight is 194 g/mol. The third-order valence-electron chi connectivity index (χ3n) is 2.12. The Bertz CT molecular complexity index is 385.